The van der Waals surface area contributed by atoms with E-state index in [0.717, 1.165) is 65.9 Å². The first-order chi connectivity index (χ1) is 13.0. The van der Waals surface area contributed by atoms with E-state index in [1.54, 1.807) is 12.1 Å². The highest BCUT2D eigenvalue weighted by Crippen LogP contribution is 2.27. The number of nitrogens with one attached hydrogen (secondary N) is 1. The van der Waals surface area contributed by atoms with Gasteiger partial charge in [0.05, 0.1) is 17.9 Å². The number of imidazole rings is 1. The topological polar surface area (TPSA) is 101 Å². The summed E-state index contributed by atoms with van der Waals surface area (Å²) >= 11 is 0. The van der Waals surface area contributed by atoms with Crippen LogP contribution in [0.15, 0.2) is 30.5 Å². The van der Waals surface area contributed by atoms with Crippen LogP contribution in [-0.2, 0) is 19.4 Å². The maximum absolute atomic E-state index is 11.2. The number of amides is 1. The van der Waals surface area contributed by atoms with Crippen molar-refractivity contribution in [2.75, 3.05) is 11.4 Å². The Morgan fingerprint density at radius 3 is 2.74 bits per heavy atom. The molecule has 0 aliphatic carbocycles. The van der Waals surface area contributed by atoms with E-state index >= 15 is 0 Å². The van der Waals surface area contributed by atoms with Crippen LogP contribution in [-0.4, -0.2) is 32.4 Å². The molecule has 0 fully saturated rings. The Kier molecular flexibility index (Phi) is 4.35. The maximum atomic E-state index is 11.2. The number of anilines is 1. The number of aromatic amines is 1. The van der Waals surface area contributed by atoms with Crippen molar-refractivity contribution in [3.63, 3.8) is 0 Å². The van der Waals surface area contributed by atoms with Crippen molar-refractivity contribution in [2.24, 2.45) is 5.73 Å². The third kappa shape index (κ3) is 3.28. The van der Waals surface area contributed by atoms with Crippen LogP contribution >= 0.6 is 0 Å². The summed E-state index contributed by atoms with van der Waals surface area (Å²) in [5.41, 5.74) is 10.1. The van der Waals surface area contributed by atoms with Crippen molar-refractivity contribution in [3.05, 3.63) is 58.8 Å². The zero-order valence-electron chi connectivity index (χ0n) is 15.5. The molecule has 2 aromatic heterocycles. The van der Waals surface area contributed by atoms with Gasteiger partial charge < -0.3 is 15.6 Å². The van der Waals surface area contributed by atoms with Crippen molar-refractivity contribution in [1.29, 1.82) is 0 Å². The largest absolute Gasteiger partial charge is 0.366 e. The third-order valence-electron chi connectivity index (χ3n) is 4.92. The lowest BCUT2D eigenvalue weighted by Gasteiger charge is -2.28. The SMILES string of the molecule is CCc1cnc(C)nc1N1CCc2nc(-c3ccc(C(N)=O)cc3)[nH]c2C1. The Balaban J connectivity index is 1.61. The van der Waals surface area contributed by atoms with Crippen LogP contribution in [0.2, 0.25) is 0 Å². The molecule has 0 saturated carbocycles. The zero-order chi connectivity index (χ0) is 19.0. The zero-order valence-corrected chi connectivity index (χ0v) is 15.5. The van der Waals surface area contributed by atoms with Gasteiger partial charge in [0.2, 0.25) is 5.91 Å². The number of nitrogens with zero attached hydrogens (tertiary/aromatic N) is 4. The van der Waals surface area contributed by atoms with Gasteiger partial charge in [0, 0.05) is 35.9 Å². The summed E-state index contributed by atoms with van der Waals surface area (Å²) in [4.78, 5) is 30.7. The Morgan fingerprint density at radius 1 is 1.26 bits per heavy atom. The molecule has 1 aromatic carbocycles. The standard InChI is InChI=1S/C20H22N6O/c1-3-13-10-22-12(2)23-20(13)26-9-8-16-17(11-26)25-19(24-16)15-6-4-14(5-7-15)18(21)27/h4-7,10H,3,8-9,11H2,1-2H3,(H2,21,27)(H,24,25). The second kappa shape index (κ2) is 6.83. The quantitative estimate of drug-likeness (QED) is 0.742. The molecule has 0 spiro atoms. The summed E-state index contributed by atoms with van der Waals surface area (Å²) in [6, 6.07) is 7.18. The summed E-state index contributed by atoms with van der Waals surface area (Å²) in [6.45, 7) is 5.66. The number of carbonyl (C=O) groups excluding carboxylic acids is 1. The second-order valence-corrected chi connectivity index (χ2v) is 6.74. The van der Waals surface area contributed by atoms with E-state index in [1.807, 2.05) is 25.3 Å². The van der Waals surface area contributed by atoms with E-state index in [2.05, 4.69) is 26.8 Å². The van der Waals surface area contributed by atoms with Gasteiger partial charge in [-0.2, -0.15) is 0 Å². The fourth-order valence-electron chi connectivity index (χ4n) is 3.41. The molecule has 4 rings (SSSR count). The first-order valence-corrected chi connectivity index (χ1v) is 9.10. The van der Waals surface area contributed by atoms with Gasteiger partial charge in [-0.05, 0) is 25.5 Å². The van der Waals surface area contributed by atoms with Gasteiger partial charge in [0.15, 0.2) is 0 Å². The van der Waals surface area contributed by atoms with Crippen LogP contribution in [0.3, 0.4) is 0 Å². The average molecular weight is 362 g/mol. The van der Waals surface area contributed by atoms with E-state index in [9.17, 15) is 4.79 Å². The molecule has 0 atom stereocenters. The van der Waals surface area contributed by atoms with Gasteiger partial charge in [0.1, 0.15) is 17.5 Å². The van der Waals surface area contributed by atoms with Crippen LogP contribution in [0.1, 0.15) is 40.1 Å². The number of nitrogens with two attached hydrogens (primary N) is 1. The summed E-state index contributed by atoms with van der Waals surface area (Å²) in [7, 11) is 0. The normalized spacial score (nSPS) is 13.5. The minimum atomic E-state index is -0.428. The molecule has 0 unspecified atom stereocenters. The molecular formula is C20H22N6O. The number of hydrogen-bond acceptors (Lipinski definition) is 5. The minimum Gasteiger partial charge on any atom is -0.366 e. The number of aromatic nitrogens is 4. The fraction of sp³-hybridized carbons (Fsp3) is 0.300. The summed E-state index contributed by atoms with van der Waals surface area (Å²) in [6.07, 6.45) is 3.68. The lowest BCUT2D eigenvalue weighted by atomic mass is 10.1. The Hall–Kier alpha value is -3.22. The molecule has 1 aliphatic heterocycles. The van der Waals surface area contributed by atoms with Gasteiger partial charge in [-0.1, -0.05) is 19.1 Å². The molecule has 3 N–H and O–H groups in total. The predicted molar refractivity (Wildman–Crippen MR) is 103 cm³/mol. The molecule has 138 valence electrons. The second-order valence-electron chi connectivity index (χ2n) is 6.74. The van der Waals surface area contributed by atoms with Crippen LogP contribution in [0.5, 0.6) is 0 Å². The van der Waals surface area contributed by atoms with Gasteiger partial charge in [-0.3, -0.25) is 4.79 Å². The smallest absolute Gasteiger partial charge is 0.248 e. The highest BCUT2D eigenvalue weighted by atomic mass is 16.1. The van der Waals surface area contributed by atoms with Gasteiger partial charge in [0.25, 0.3) is 0 Å². The fourth-order valence-corrected chi connectivity index (χ4v) is 3.41. The highest BCUT2D eigenvalue weighted by Gasteiger charge is 2.23. The minimum absolute atomic E-state index is 0.428. The number of rotatable bonds is 4. The first kappa shape index (κ1) is 17.2. The summed E-state index contributed by atoms with van der Waals surface area (Å²) in [5.74, 6) is 2.18. The van der Waals surface area contributed by atoms with Gasteiger partial charge in [-0.25, -0.2) is 15.0 Å². The number of hydrogen-bond donors (Lipinski definition) is 2. The van der Waals surface area contributed by atoms with Gasteiger partial charge in [-0.15, -0.1) is 0 Å². The summed E-state index contributed by atoms with van der Waals surface area (Å²) in [5, 5.41) is 0. The van der Waals surface area contributed by atoms with Crippen molar-refractivity contribution < 1.29 is 4.79 Å². The Morgan fingerprint density at radius 2 is 2.04 bits per heavy atom. The predicted octanol–water partition coefficient (Wildman–Crippen LogP) is 2.40. The van der Waals surface area contributed by atoms with Crippen LogP contribution in [0.25, 0.3) is 11.4 Å². The van der Waals surface area contributed by atoms with E-state index in [1.165, 1.54) is 0 Å². The van der Waals surface area contributed by atoms with Crippen molar-refractivity contribution >= 4 is 11.7 Å². The third-order valence-corrected chi connectivity index (χ3v) is 4.92. The van der Waals surface area contributed by atoms with E-state index in [4.69, 9.17) is 10.7 Å². The van der Waals surface area contributed by atoms with Gasteiger partial charge >= 0.3 is 0 Å². The van der Waals surface area contributed by atoms with E-state index in [0.29, 0.717) is 5.56 Å². The molecule has 0 bridgehead atoms. The molecule has 0 saturated heterocycles. The maximum Gasteiger partial charge on any atom is 0.248 e. The molecule has 1 aliphatic rings. The van der Waals surface area contributed by atoms with E-state index < -0.39 is 5.91 Å². The number of fused-ring (bicyclic) bond motifs is 1. The average Bonchev–Trinajstić information content (AvgIpc) is 3.11. The summed E-state index contributed by atoms with van der Waals surface area (Å²) < 4.78 is 0. The number of carbonyl (C=O) groups is 1. The molecule has 7 nitrogen and oxygen atoms in total. The first-order valence-electron chi connectivity index (χ1n) is 9.10. The molecule has 3 aromatic rings. The molecule has 27 heavy (non-hydrogen) atoms. The monoisotopic (exact) mass is 362 g/mol. The molecule has 7 heteroatoms. The van der Waals surface area contributed by atoms with Crippen molar-refractivity contribution in [1.82, 2.24) is 19.9 Å². The highest BCUT2D eigenvalue weighted by molar-refractivity contribution is 5.93. The lowest BCUT2D eigenvalue weighted by molar-refractivity contribution is 0.100. The molecule has 3 heterocycles. The number of H-pyrrole nitrogens is 1. The number of aryl methyl sites for hydroxylation is 2. The lowest BCUT2D eigenvalue weighted by Crippen LogP contribution is -2.32. The van der Waals surface area contributed by atoms with Crippen LogP contribution in [0, 0.1) is 6.92 Å². The van der Waals surface area contributed by atoms with Crippen LogP contribution < -0.4 is 10.6 Å². The number of benzene rings is 1. The Labute approximate surface area is 157 Å². The molecular weight excluding hydrogens is 340 g/mol. The van der Waals surface area contributed by atoms with Crippen molar-refractivity contribution in [2.45, 2.75) is 33.2 Å². The van der Waals surface area contributed by atoms with E-state index in [-0.39, 0.29) is 0 Å². The molecule has 0 radical (unpaired) electrons. The van der Waals surface area contributed by atoms with Crippen LogP contribution in [0.4, 0.5) is 5.82 Å². The van der Waals surface area contributed by atoms with Crippen molar-refractivity contribution in [3.8, 4) is 11.4 Å². The molecule has 1 amide bonds. The Bertz CT molecular complexity index is 992. The number of primary amides is 1.